The van der Waals surface area contributed by atoms with E-state index in [4.69, 9.17) is 5.11 Å². The third-order valence-corrected chi connectivity index (χ3v) is 3.32. The Kier molecular flexibility index (Phi) is 3.65. The highest BCUT2D eigenvalue weighted by Crippen LogP contribution is 2.36. The number of aliphatic hydroxyl groups excluding tert-OH is 1. The lowest BCUT2D eigenvalue weighted by atomic mass is 9.92. The smallest absolute Gasteiger partial charge is 0.239 e. The third kappa shape index (κ3) is 2.45. The summed E-state index contributed by atoms with van der Waals surface area (Å²) in [6.45, 7) is 5.16. The normalized spacial score (nSPS) is 17.1. The average Bonchev–Trinajstić information content (AvgIpc) is 2.57. The molecule has 4 nitrogen and oxygen atoms in total. The maximum Gasteiger partial charge on any atom is 0.239 e. The van der Waals surface area contributed by atoms with E-state index in [-0.39, 0.29) is 24.8 Å². The van der Waals surface area contributed by atoms with Crippen LogP contribution in [0.3, 0.4) is 0 Å². The number of aryl methyl sites for hydroxylation is 1. The molecule has 0 aliphatic carbocycles. The van der Waals surface area contributed by atoms with E-state index >= 15 is 0 Å². The van der Waals surface area contributed by atoms with Gasteiger partial charge in [-0.15, -0.1) is 0 Å². The molecule has 1 saturated heterocycles. The standard InChI is InChI=1S/C16H17NO3/c1-11-6-7-12(5-4-8-18)13(9-11)17-14(19)10-16(2,3)15(17)20/h6-7,9,18H,8,10H2,1-3H3. The fraction of sp³-hybridized carbons (Fsp3) is 0.375. The van der Waals surface area contributed by atoms with Gasteiger partial charge in [-0.1, -0.05) is 31.8 Å². The van der Waals surface area contributed by atoms with Gasteiger partial charge in [0.05, 0.1) is 11.1 Å². The van der Waals surface area contributed by atoms with E-state index in [1.165, 1.54) is 4.90 Å². The van der Waals surface area contributed by atoms with E-state index in [1.54, 1.807) is 26.0 Å². The van der Waals surface area contributed by atoms with Crippen LogP contribution >= 0.6 is 0 Å². The number of amides is 2. The molecule has 0 bridgehead atoms. The molecule has 1 aromatic carbocycles. The molecule has 1 aliphatic rings. The monoisotopic (exact) mass is 271 g/mol. The zero-order valence-electron chi connectivity index (χ0n) is 11.9. The Bertz CT molecular complexity index is 635. The fourth-order valence-corrected chi connectivity index (χ4v) is 2.26. The van der Waals surface area contributed by atoms with Crippen molar-refractivity contribution >= 4 is 17.5 Å². The SMILES string of the molecule is Cc1ccc(C#CCO)c(N2C(=O)CC(C)(C)C2=O)c1. The summed E-state index contributed by atoms with van der Waals surface area (Å²) >= 11 is 0. The summed E-state index contributed by atoms with van der Waals surface area (Å²) in [5, 5.41) is 8.80. The maximum atomic E-state index is 12.4. The Labute approximate surface area is 118 Å². The maximum absolute atomic E-state index is 12.4. The highest BCUT2D eigenvalue weighted by atomic mass is 16.2. The quantitative estimate of drug-likeness (QED) is 0.624. The second-order valence-corrected chi connectivity index (χ2v) is 5.58. The van der Waals surface area contributed by atoms with Crippen LogP contribution in [0.2, 0.25) is 0 Å². The molecule has 20 heavy (non-hydrogen) atoms. The molecule has 104 valence electrons. The average molecular weight is 271 g/mol. The molecule has 0 aromatic heterocycles. The summed E-state index contributed by atoms with van der Waals surface area (Å²) < 4.78 is 0. The number of anilines is 1. The summed E-state index contributed by atoms with van der Waals surface area (Å²) in [4.78, 5) is 25.7. The van der Waals surface area contributed by atoms with Crippen LogP contribution < -0.4 is 4.90 Å². The molecule has 1 fully saturated rings. The van der Waals surface area contributed by atoms with Gasteiger partial charge in [-0.3, -0.25) is 9.59 Å². The van der Waals surface area contributed by atoms with Crippen LogP contribution in [0.15, 0.2) is 18.2 Å². The molecule has 1 aliphatic heterocycles. The first kappa shape index (κ1) is 14.3. The van der Waals surface area contributed by atoms with E-state index in [2.05, 4.69) is 11.8 Å². The van der Waals surface area contributed by atoms with E-state index < -0.39 is 5.41 Å². The summed E-state index contributed by atoms with van der Waals surface area (Å²) in [7, 11) is 0. The molecule has 0 radical (unpaired) electrons. The van der Waals surface area contributed by atoms with Crippen molar-refractivity contribution < 1.29 is 14.7 Å². The Morgan fingerprint density at radius 3 is 2.60 bits per heavy atom. The number of nitrogens with zero attached hydrogens (tertiary/aromatic N) is 1. The van der Waals surface area contributed by atoms with Crippen molar-refractivity contribution in [2.75, 3.05) is 11.5 Å². The highest BCUT2D eigenvalue weighted by molar-refractivity contribution is 6.22. The molecule has 0 unspecified atom stereocenters. The Balaban J connectivity index is 2.54. The van der Waals surface area contributed by atoms with E-state index in [1.807, 2.05) is 13.0 Å². The second-order valence-electron chi connectivity index (χ2n) is 5.58. The van der Waals surface area contributed by atoms with Crippen molar-refractivity contribution in [3.05, 3.63) is 29.3 Å². The number of hydrogen-bond acceptors (Lipinski definition) is 3. The van der Waals surface area contributed by atoms with Gasteiger partial charge in [-0.2, -0.15) is 0 Å². The van der Waals surface area contributed by atoms with Gasteiger partial charge in [0.25, 0.3) is 0 Å². The summed E-state index contributed by atoms with van der Waals surface area (Å²) in [5.41, 5.74) is 1.35. The van der Waals surface area contributed by atoms with Crippen LogP contribution in [0, 0.1) is 24.2 Å². The Morgan fingerprint density at radius 1 is 1.35 bits per heavy atom. The molecule has 4 heteroatoms. The van der Waals surface area contributed by atoms with Crippen LogP contribution in [0.5, 0.6) is 0 Å². The highest BCUT2D eigenvalue weighted by Gasteiger charge is 2.46. The number of rotatable bonds is 1. The lowest BCUT2D eigenvalue weighted by molar-refractivity contribution is -0.124. The molecular formula is C16H17NO3. The fourth-order valence-electron chi connectivity index (χ4n) is 2.26. The van der Waals surface area contributed by atoms with Crippen LogP contribution in [0.4, 0.5) is 5.69 Å². The van der Waals surface area contributed by atoms with Crippen molar-refractivity contribution in [3.63, 3.8) is 0 Å². The van der Waals surface area contributed by atoms with Crippen LogP contribution in [-0.4, -0.2) is 23.5 Å². The van der Waals surface area contributed by atoms with Crippen LogP contribution in [-0.2, 0) is 9.59 Å². The van der Waals surface area contributed by atoms with Crippen molar-refractivity contribution in [2.45, 2.75) is 27.2 Å². The minimum Gasteiger partial charge on any atom is -0.384 e. The number of imide groups is 1. The Hall–Kier alpha value is -2.12. The number of carbonyl (C=O) groups is 2. The van der Waals surface area contributed by atoms with Gasteiger partial charge in [-0.05, 0) is 24.6 Å². The van der Waals surface area contributed by atoms with Crippen LogP contribution in [0.25, 0.3) is 0 Å². The topological polar surface area (TPSA) is 57.6 Å². The van der Waals surface area contributed by atoms with Gasteiger partial charge >= 0.3 is 0 Å². The number of aliphatic hydroxyl groups is 1. The lowest BCUT2D eigenvalue weighted by Gasteiger charge is -2.19. The van der Waals surface area contributed by atoms with Crippen molar-refractivity contribution in [1.29, 1.82) is 0 Å². The summed E-state index contributed by atoms with van der Waals surface area (Å²) in [5.74, 6) is 4.93. The lowest BCUT2D eigenvalue weighted by Crippen LogP contribution is -2.33. The van der Waals surface area contributed by atoms with Crippen molar-refractivity contribution in [3.8, 4) is 11.8 Å². The number of carbonyl (C=O) groups excluding carboxylic acids is 2. The Morgan fingerprint density at radius 2 is 2.05 bits per heavy atom. The first-order valence-corrected chi connectivity index (χ1v) is 6.44. The number of hydrogen-bond donors (Lipinski definition) is 1. The zero-order chi connectivity index (χ0) is 14.9. The van der Waals surface area contributed by atoms with Crippen molar-refractivity contribution in [2.24, 2.45) is 5.41 Å². The van der Waals surface area contributed by atoms with Gasteiger partial charge in [0, 0.05) is 12.0 Å². The molecule has 0 saturated carbocycles. The summed E-state index contributed by atoms with van der Waals surface area (Å²) in [6.07, 6.45) is 0.201. The van der Waals surface area contributed by atoms with Crippen molar-refractivity contribution in [1.82, 2.24) is 0 Å². The molecule has 1 N–H and O–H groups in total. The molecule has 1 heterocycles. The molecule has 2 rings (SSSR count). The first-order valence-electron chi connectivity index (χ1n) is 6.44. The largest absolute Gasteiger partial charge is 0.384 e. The van der Waals surface area contributed by atoms with Gasteiger partial charge in [0.2, 0.25) is 11.8 Å². The first-order chi connectivity index (χ1) is 9.36. The minimum atomic E-state index is -0.678. The molecular weight excluding hydrogens is 254 g/mol. The summed E-state index contributed by atoms with van der Waals surface area (Å²) in [6, 6.07) is 5.40. The van der Waals surface area contributed by atoms with Gasteiger partial charge < -0.3 is 5.11 Å². The second kappa shape index (κ2) is 5.10. The predicted octanol–water partition coefficient (Wildman–Crippen LogP) is 1.63. The third-order valence-electron chi connectivity index (χ3n) is 3.32. The van der Waals surface area contributed by atoms with E-state index in [0.29, 0.717) is 11.3 Å². The van der Waals surface area contributed by atoms with E-state index in [9.17, 15) is 9.59 Å². The predicted molar refractivity (Wildman–Crippen MR) is 76.0 cm³/mol. The van der Waals surface area contributed by atoms with Gasteiger partial charge in [-0.25, -0.2) is 4.90 Å². The van der Waals surface area contributed by atoms with Gasteiger partial charge in [0.1, 0.15) is 6.61 Å². The molecule has 0 atom stereocenters. The molecule has 0 spiro atoms. The molecule has 2 amide bonds. The van der Waals surface area contributed by atoms with Crippen LogP contribution in [0.1, 0.15) is 31.4 Å². The number of benzene rings is 1. The molecule has 1 aromatic rings. The van der Waals surface area contributed by atoms with Gasteiger partial charge in [0.15, 0.2) is 0 Å². The zero-order valence-corrected chi connectivity index (χ0v) is 11.9. The van der Waals surface area contributed by atoms with E-state index in [0.717, 1.165) is 5.56 Å². The minimum absolute atomic E-state index is 0.201.